The lowest BCUT2D eigenvalue weighted by Crippen LogP contribution is -2.60. The average Bonchev–Trinajstić information content (AvgIpc) is 3.37. The Bertz CT molecular complexity index is 1210. The molecule has 1 saturated heterocycles. The van der Waals surface area contributed by atoms with Crippen LogP contribution in [-0.4, -0.2) is 87.5 Å². The molecule has 9 heteroatoms. The number of amides is 1. The standard InChI is InChI=1S/C62H117NO8/c1-3-5-7-9-11-13-15-17-19-21-23-25-27-28-29-30-32-34-36-38-40-42-44-46-48-50-52-58(66)63-55(54-70-62-61(69)60(68)59(67)57(53-64)71-62)56(65)51-49-47-45-43-41-39-37-35-33-31-26-24-22-20-18-16-14-12-10-8-6-4-2/h33,35,41,43,49,51,55-57,59-62,64-65,67-69H,3-32,34,36-40,42,44-48,50,52-54H2,1-2H3,(H,63,66)/b35-33+,43-41+,51-49+. The minimum atomic E-state index is -1.57. The van der Waals surface area contributed by atoms with Gasteiger partial charge >= 0.3 is 0 Å². The monoisotopic (exact) mass is 1000 g/mol. The van der Waals surface area contributed by atoms with Gasteiger partial charge in [-0.15, -0.1) is 0 Å². The fraction of sp³-hybridized carbons (Fsp3) is 0.887. The van der Waals surface area contributed by atoms with Crippen LogP contribution in [0.5, 0.6) is 0 Å². The number of hydrogen-bond donors (Lipinski definition) is 6. The van der Waals surface area contributed by atoms with Crippen LogP contribution in [0.1, 0.15) is 296 Å². The smallest absolute Gasteiger partial charge is 0.220 e. The number of unbranched alkanes of at least 4 members (excludes halogenated alkanes) is 39. The molecule has 0 aromatic rings. The van der Waals surface area contributed by atoms with Crippen LogP contribution in [0, 0.1) is 0 Å². The highest BCUT2D eigenvalue weighted by atomic mass is 16.7. The quantitative estimate of drug-likeness (QED) is 0.0261. The topological polar surface area (TPSA) is 149 Å². The highest BCUT2D eigenvalue weighted by Crippen LogP contribution is 2.23. The number of aliphatic hydroxyl groups is 5. The lowest BCUT2D eigenvalue weighted by atomic mass is 9.99. The van der Waals surface area contributed by atoms with Crippen LogP contribution >= 0.6 is 0 Å². The minimum absolute atomic E-state index is 0.185. The maximum Gasteiger partial charge on any atom is 0.220 e. The second-order valence-electron chi connectivity index (χ2n) is 21.5. The molecule has 1 amide bonds. The first-order valence-electron chi connectivity index (χ1n) is 30.7. The number of aliphatic hydroxyl groups excluding tert-OH is 5. The van der Waals surface area contributed by atoms with Crippen LogP contribution in [0.15, 0.2) is 36.5 Å². The van der Waals surface area contributed by atoms with Crippen molar-refractivity contribution in [3.05, 3.63) is 36.5 Å². The van der Waals surface area contributed by atoms with Crippen molar-refractivity contribution in [2.75, 3.05) is 13.2 Å². The first-order chi connectivity index (χ1) is 34.8. The number of nitrogens with one attached hydrogen (secondary N) is 1. The first-order valence-corrected chi connectivity index (χ1v) is 30.7. The fourth-order valence-corrected chi connectivity index (χ4v) is 9.84. The fourth-order valence-electron chi connectivity index (χ4n) is 9.84. The molecular formula is C62H117NO8. The Balaban J connectivity index is 2.22. The Morgan fingerprint density at radius 1 is 0.465 bits per heavy atom. The molecule has 0 aliphatic carbocycles. The highest BCUT2D eigenvalue weighted by Gasteiger charge is 2.44. The van der Waals surface area contributed by atoms with Crippen LogP contribution in [0.2, 0.25) is 0 Å². The van der Waals surface area contributed by atoms with E-state index in [1.807, 2.05) is 6.08 Å². The molecule has 0 saturated carbocycles. The normalized spacial score (nSPS) is 19.5. The van der Waals surface area contributed by atoms with Gasteiger partial charge in [-0.3, -0.25) is 4.79 Å². The Labute approximate surface area is 438 Å². The Hall–Kier alpha value is -1.59. The zero-order chi connectivity index (χ0) is 51.5. The van der Waals surface area contributed by atoms with Gasteiger partial charge in [0, 0.05) is 6.42 Å². The third-order valence-corrected chi connectivity index (χ3v) is 14.7. The van der Waals surface area contributed by atoms with Crippen LogP contribution in [0.4, 0.5) is 0 Å². The number of allylic oxidation sites excluding steroid dienone is 5. The molecule has 0 aromatic heterocycles. The molecule has 418 valence electrons. The van der Waals surface area contributed by atoms with Gasteiger partial charge in [-0.2, -0.15) is 0 Å². The van der Waals surface area contributed by atoms with Gasteiger partial charge < -0.3 is 40.3 Å². The first kappa shape index (κ1) is 67.4. The van der Waals surface area contributed by atoms with Gasteiger partial charge in [-0.05, 0) is 44.9 Å². The number of carbonyl (C=O) groups excluding carboxylic acids is 1. The SMILES string of the molecule is CCCCCCCCCCCCCC/C=C/CC/C=C/CC/C=C/C(O)C(COC1OC(CO)C(O)C(O)C1O)NC(=O)CCCCCCCCCCCCCCCCCCCCCCCCCCCC. The van der Waals surface area contributed by atoms with E-state index in [2.05, 4.69) is 43.5 Å². The summed E-state index contributed by atoms with van der Waals surface area (Å²) in [6.07, 6.45) is 60.8. The lowest BCUT2D eigenvalue weighted by Gasteiger charge is -2.40. The lowest BCUT2D eigenvalue weighted by molar-refractivity contribution is -0.302. The van der Waals surface area contributed by atoms with E-state index < -0.39 is 49.5 Å². The highest BCUT2D eigenvalue weighted by molar-refractivity contribution is 5.76. The van der Waals surface area contributed by atoms with Crippen molar-refractivity contribution in [3.8, 4) is 0 Å². The summed E-state index contributed by atoms with van der Waals surface area (Å²) in [7, 11) is 0. The molecule has 1 heterocycles. The number of ether oxygens (including phenoxy) is 2. The van der Waals surface area contributed by atoms with Crippen LogP contribution in [0.25, 0.3) is 0 Å². The van der Waals surface area contributed by atoms with Crippen LogP contribution < -0.4 is 5.32 Å². The summed E-state index contributed by atoms with van der Waals surface area (Å²) in [4.78, 5) is 13.1. The maximum atomic E-state index is 13.1. The summed E-state index contributed by atoms with van der Waals surface area (Å²) in [5.74, 6) is -0.185. The molecule has 0 aromatic carbocycles. The summed E-state index contributed by atoms with van der Waals surface area (Å²) in [6.45, 7) is 3.80. The molecule has 71 heavy (non-hydrogen) atoms. The predicted molar refractivity (Wildman–Crippen MR) is 300 cm³/mol. The predicted octanol–water partition coefficient (Wildman–Crippen LogP) is 15.5. The van der Waals surface area contributed by atoms with E-state index in [0.29, 0.717) is 6.42 Å². The van der Waals surface area contributed by atoms with Crippen molar-refractivity contribution in [2.24, 2.45) is 0 Å². The number of hydrogen-bond acceptors (Lipinski definition) is 8. The molecule has 1 aliphatic rings. The van der Waals surface area contributed by atoms with Crippen LogP contribution in [-0.2, 0) is 14.3 Å². The van der Waals surface area contributed by atoms with Crippen molar-refractivity contribution in [3.63, 3.8) is 0 Å². The molecule has 7 unspecified atom stereocenters. The molecule has 0 spiro atoms. The molecule has 9 nitrogen and oxygen atoms in total. The summed E-state index contributed by atoms with van der Waals surface area (Å²) >= 11 is 0. The van der Waals surface area contributed by atoms with Gasteiger partial charge in [0.15, 0.2) is 6.29 Å². The van der Waals surface area contributed by atoms with Crippen molar-refractivity contribution < 1.29 is 39.8 Å². The molecule has 1 rings (SSSR count). The Morgan fingerprint density at radius 2 is 0.803 bits per heavy atom. The second kappa shape index (κ2) is 51.9. The second-order valence-corrected chi connectivity index (χ2v) is 21.5. The maximum absolute atomic E-state index is 13.1. The van der Waals surface area contributed by atoms with E-state index in [1.54, 1.807) is 6.08 Å². The van der Waals surface area contributed by atoms with Crippen molar-refractivity contribution in [2.45, 2.75) is 339 Å². The minimum Gasteiger partial charge on any atom is -0.394 e. The number of carbonyl (C=O) groups is 1. The van der Waals surface area contributed by atoms with Crippen LogP contribution in [0.3, 0.4) is 0 Å². The number of rotatable bonds is 53. The van der Waals surface area contributed by atoms with Crippen molar-refractivity contribution >= 4 is 5.91 Å². The largest absolute Gasteiger partial charge is 0.394 e. The van der Waals surface area contributed by atoms with Crippen molar-refractivity contribution in [1.29, 1.82) is 0 Å². The van der Waals surface area contributed by atoms with Gasteiger partial charge in [0.1, 0.15) is 24.4 Å². The molecule has 0 radical (unpaired) electrons. The Kier molecular flexibility index (Phi) is 49.3. The molecule has 1 fully saturated rings. The van der Waals surface area contributed by atoms with Crippen molar-refractivity contribution in [1.82, 2.24) is 5.32 Å². The van der Waals surface area contributed by atoms with Gasteiger partial charge in [-0.25, -0.2) is 0 Å². The molecule has 1 aliphatic heterocycles. The van der Waals surface area contributed by atoms with E-state index in [9.17, 15) is 30.3 Å². The zero-order valence-electron chi connectivity index (χ0n) is 46.5. The van der Waals surface area contributed by atoms with E-state index in [-0.39, 0.29) is 12.5 Å². The average molecular weight is 1000 g/mol. The van der Waals surface area contributed by atoms with E-state index in [4.69, 9.17) is 9.47 Å². The molecule has 6 N–H and O–H groups in total. The van der Waals surface area contributed by atoms with E-state index >= 15 is 0 Å². The summed E-state index contributed by atoms with van der Waals surface area (Å²) in [5.41, 5.74) is 0. The van der Waals surface area contributed by atoms with E-state index in [1.165, 1.54) is 231 Å². The Morgan fingerprint density at radius 3 is 1.18 bits per heavy atom. The van der Waals surface area contributed by atoms with Gasteiger partial charge in [0.25, 0.3) is 0 Å². The molecule has 0 bridgehead atoms. The molecule has 7 atom stereocenters. The third kappa shape index (κ3) is 41.4. The summed E-state index contributed by atoms with van der Waals surface area (Å²) < 4.78 is 11.3. The summed E-state index contributed by atoms with van der Waals surface area (Å²) in [5, 5.41) is 54.5. The zero-order valence-corrected chi connectivity index (χ0v) is 46.5. The third-order valence-electron chi connectivity index (χ3n) is 14.7. The van der Waals surface area contributed by atoms with E-state index in [0.717, 1.165) is 44.9 Å². The van der Waals surface area contributed by atoms with Gasteiger partial charge in [0.2, 0.25) is 5.91 Å². The van der Waals surface area contributed by atoms with Gasteiger partial charge in [0.05, 0.1) is 25.4 Å². The summed E-state index contributed by atoms with van der Waals surface area (Å²) in [6, 6.07) is -0.826. The van der Waals surface area contributed by atoms with Gasteiger partial charge in [-0.1, -0.05) is 281 Å². The molecular weight excluding hydrogens is 887 g/mol.